The Kier molecular flexibility index (Phi) is 3.84. The van der Waals surface area contributed by atoms with Crippen LogP contribution in [0.5, 0.6) is 0 Å². The van der Waals surface area contributed by atoms with E-state index in [1.54, 1.807) is 11.8 Å². The maximum absolute atomic E-state index is 12.5. The van der Waals surface area contributed by atoms with Crippen molar-refractivity contribution < 1.29 is 9.66 Å². The van der Waals surface area contributed by atoms with Gasteiger partial charge in [-0.25, -0.2) is 0 Å². The number of benzene rings is 2. The third-order valence-corrected chi connectivity index (χ3v) is 5.71. The topological polar surface area (TPSA) is 43.3 Å². The number of hydrogen-bond acceptors (Lipinski definition) is 3. The molecule has 1 unspecified atom stereocenters. The van der Waals surface area contributed by atoms with Gasteiger partial charge in [0, 0.05) is 39.4 Å². The van der Waals surface area contributed by atoms with Gasteiger partial charge in [-0.05, 0) is 24.3 Å². The van der Waals surface area contributed by atoms with Crippen LogP contribution in [-0.2, 0) is 17.6 Å². The molecule has 0 fully saturated rings. The maximum atomic E-state index is 12.5. The fourth-order valence-corrected chi connectivity index (χ4v) is 4.38. The van der Waals surface area contributed by atoms with Crippen molar-refractivity contribution in [3.05, 3.63) is 53.6 Å². The Balaban J connectivity index is 1.96. The maximum Gasteiger partial charge on any atom is 0.162 e. The number of aliphatic hydroxyl groups excluding tert-OH is 1. The summed E-state index contributed by atoms with van der Waals surface area (Å²) in [5, 5.41) is 8.87. The largest absolute Gasteiger partial charge is 0.606 e. The highest BCUT2D eigenvalue weighted by molar-refractivity contribution is 7.99. The minimum absolute atomic E-state index is 0.177. The molecule has 1 atom stereocenters. The summed E-state index contributed by atoms with van der Waals surface area (Å²) in [6.07, 6.45) is 0.838. The summed E-state index contributed by atoms with van der Waals surface area (Å²) in [5.74, 6) is 0.693. The normalized spacial score (nSPS) is 16.8. The summed E-state index contributed by atoms with van der Waals surface area (Å²) < 4.78 is 12.5. The highest BCUT2D eigenvalue weighted by Gasteiger charge is 2.27. The van der Waals surface area contributed by atoms with Crippen molar-refractivity contribution in [2.75, 3.05) is 12.4 Å². The van der Waals surface area contributed by atoms with Crippen molar-refractivity contribution in [1.29, 1.82) is 0 Å². The second-order valence-corrected chi connectivity index (χ2v) is 6.98. The van der Waals surface area contributed by atoms with Crippen LogP contribution >= 0.6 is 11.8 Å². The van der Waals surface area contributed by atoms with Crippen LogP contribution in [0.25, 0.3) is 0 Å². The highest BCUT2D eigenvalue weighted by atomic mass is 32.2. The molecule has 0 saturated carbocycles. The quantitative estimate of drug-likeness (QED) is 0.698. The van der Waals surface area contributed by atoms with E-state index in [-0.39, 0.29) is 6.61 Å². The van der Waals surface area contributed by atoms with Gasteiger partial charge in [0.25, 0.3) is 0 Å². The lowest BCUT2D eigenvalue weighted by atomic mass is 10.0. The van der Waals surface area contributed by atoms with Gasteiger partial charge in [-0.1, -0.05) is 18.2 Å². The SMILES string of the molecule is [O-][S+]1c2ccccc2Cc2cc(SCCO)ccc21. The Labute approximate surface area is 120 Å². The van der Waals surface area contributed by atoms with Gasteiger partial charge in [0.05, 0.1) is 6.61 Å². The van der Waals surface area contributed by atoms with Crippen LogP contribution in [-0.4, -0.2) is 22.0 Å². The summed E-state index contributed by atoms with van der Waals surface area (Å²) in [6.45, 7) is 0.177. The summed E-state index contributed by atoms with van der Waals surface area (Å²) >= 11 is 0.564. The average Bonchev–Trinajstić information content (AvgIpc) is 2.45. The molecule has 0 amide bonds. The van der Waals surface area contributed by atoms with Crippen molar-refractivity contribution in [1.82, 2.24) is 0 Å². The Hall–Kier alpha value is -0.940. The average molecular weight is 290 g/mol. The van der Waals surface area contributed by atoms with Crippen molar-refractivity contribution >= 4 is 22.9 Å². The first-order chi connectivity index (χ1) is 9.29. The van der Waals surface area contributed by atoms with Crippen LogP contribution < -0.4 is 0 Å². The molecular weight excluding hydrogens is 276 g/mol. The zero-order chi connectivity index (χ0) is 13.2. The third kappa shape index (κ3) is 2.54. The number of thioether (sulfide) groups is 1. The first-order valence-corrected chi connectivity index (χ1v) is 8.29. The highest BCUT2D eigenvalue weighted by Crippen LogP contribution is 2.35. The minimum atomic E-state index is -1.06. The van der Waals surface area contributed by atoms with Gasteiger partial charge in [-0.2, -0.15) is 0 Å². The lowest BCUT2D eigenvalue weighted by molar-refractivity contribution is 0.322. The molecule has 0 bridgehead atoms. The van der Waals surface area contributed by atoms with E-state index in [1.165, 1.54) is 0 Å². The predicted octanol–water partition coefficient (Wildman–Crippen LogP) is 2.84. The van der Waals surface area contributed by atoms with Crippen molar-refractivity contribution in [2.45, 2.75) is 21.1 Å². The fraction of sp³-hybridized carbons (Fsp3) is 0.200. The Morgan fingerprint density at radius 2 is 1.89 bits per heavy atom. The molecule has 1 N–H and O–H groups in total. The Bertz CT molecular complexity index is 598. The van der Waals surface area contributed by atoms with Crippen LogP contribution in [0, 0.1) is 0 Å². The Morgan fingerprint density at radius 3 is 2.74 bits per heavy atom. The lowest BCUT2D eigenvalue weighted by Crippen LogP contribution is -2.14. The molecular formula is C15H14O2S2. The van der Waals surface area contributed by atoms with E-state index in [0.717, 1.165) is 32.2 Å². The monoisotopic (exact) mass is 290 g/mol. The summed E-state index contributed by atoms with van der Waals surface area (Å²) in [4.78, 5) is 2.99. The van der Waals surface area contributed by atoms with Gasteiger partial charge < -0.3 is 9.66 Å². The standard InChI is InChI=1S/C15H14O2S2/c16-7-8-18-13-5-6-15-12(10-13)9-11-3-1-2-4-14(11)19(15)17/h1-6,10,16H,7-9H2. The molecule has 2 nitrogen and oxygen atoms in total. The van der Waals surface area contributed by atoms with Crippen LogP contribution in [0.4, 0.5) is 0 Å². The van der Waals surface area contributed by atoms with E-state index in [2.05, 4.69) is 6.07 Å². The second-order valence-electron chi connectivity index (χ2n) is 4.39. The zero-order valence-corrected chi connectivity index (χ0v) is 12.0. The van der Waals surface area contributed by atoms with Gasteiger partial charge in [-0.15, -0.1) is 11.8 Å². The molecule has 0 spiro atoms. The van der Waals surface area contributed by atoms with E-state index < -0.39 is 11.2 Å². The summed E-state index contributed by atoms with van der Waals surface area (Å²) in [6, 6.07) is 14.0. The van der Waals surface area contributed by atoms with Gasteiger partial charge in [0.1, 0.15) is 0 Å². The van der Waals surface area contributed by atoms with E-state index in [4.69, 9.17) is 5.11 Å². The van der Waals surface area contributed by atoms with Crippen LogP contribution in [0.15, 0.2) is 57.2 Å². The minimum Gasteiger partial charge on any atom is -0.606 e. The van der Waals surface area contributed by atoms with Crippen LogP contribution in [0.3, 0.4) is 0 Å². The molecule has 98 valence electrons. The molecule has 3 rings (SSSR count). The number of hydrogen-bond donors (Lipinski definition) is 1. The van der Waals surface area contributed by atoms with Gasteiger partial charge in [0.15, 0.2) is 9.79 Å². The van der Waals surface area contributed by atoms with Gasteiger partial charge >= 0.3 is 0 Å². The second kappa shape index (κ2) is 5.59. The smallest absolute Gasteiger partial charge is 0.162 e. The van der Waals surface area contributed by atoms with Crippen molar-refractivity contribution in [3.63, 3.8) is 0 Å². The van der Waals surface area contributed by atoms with E-state index >= 15 is 0 Å². The van der Waals surface area contributed by atoms with Crippen LogP contribution in [0.2, 0.25) is 0 Å². The first kappa shape index (κ1) is 13.1. The van der Waals surface area contributed by atoms with E-state index in [1.807, 2.05) is 36.4 Å². The van der Waals surface area contributed by atoms with Crippen molar-refractivity contribution in [2.24, 2.45) is 0 Å². The molecule has 1 heterocycles. The van der Waals surface area contributed by atoms with E-state index in [9.17, 15) is 4.55 Å². The molecule has 1 aliphatic heterocycles. The van der Waals surface area contributed by atoms with Gasteiger partial charge in [-0.3, -0.25) is 0 Å². The number of aliphatic hydroxyl groups is 1. The first-order valence-electron chi connectivity index (χ1n) is 6.16. The predicted molar refractivity (Wildman–Crippen MR) is 78.2 cm³/mol. The number of fused-ring (bicyclic) bond motifs is 2. The molecule has 4 heteroatoms. The molecule has 19 heavy (non-hydrogen) atoms. The summed E-state index contributed by atoms with van der Waals surface area (Å²) in [7, 11) is 0. The van der Waals surface area contributed by atoms with Crippen molar-refractivity contribution in [3.8, 4) is 0 Å². The van der Waals surface area contributed by atoms with Gasteiger partial charge in [0.2, 0.25) is 0 Å². The molecule has 2 aromatic carbocycles. The molecule has 0 saturated heterocycles. The molecule has 1 aliphatic rings. The molecule has 0 radical (unpaired) electrons. The third-order valence-electron chi connectivity index (χ3n) is 3.14. The lowest BCUT2D eigenvalue weighted by Gasteiger charge is -2.21. The fourth-order valence-electron chi connectivity index (χ4n) is 2.28. The molecule has 0 aromatic heterocycles. The molecule has 2 aromatic rings. The molecule has 0 aliphatic carbocycles. The number of rotatable bonds is 3. The zero-order valence-electron chi connectivity index (χ0n) is 10.3. The summed E-state index contributed by atoms with van der Waals surface area (Å²) in [5.41, 5.74) is 2.29. The Morgan fingerprint density at radius 1 is 1.11 bits per heavy atom. The van der Waals surface area contributed by atoms with Crippen LogP contribution in [0.1, 0.15) is 11.1 Å². The van der Waals surface area contributed by atoms with E-state index in [0.29, 0.717) is 5.75 Å².